The van der Waals surface area contributed by atoms with Gasteiger partial charge in [0.25, 0.3) is 0 Å². The topological polar surface area (TPSA) is 40.6 Å². The molecule has 3 aromatic carbocycles. The average Bonchev–Trinajstić information content (AvgIpc) is 2.88. The maximum Gasteiger partial charge on any atom is 0.233 e. The van der Waals surface area contributed by atoms with Crippen LogP contribution in [0.2, 0.25) is 0 Å². The number of amides is 2. The summed E-state index contributed by atoms with van der Waals surface area (Å²) in [5.41, 5.74) is 3.98. The second-order valence-corrected chi connectivity index (χ2v) is 9.10. The highest BCUT2D eigenvalue weighted by Crippen LogP contribution is 2.45. The van der Waals surface area contributed by atoms with Crippen LogP contribution in [0.5, 0.6) is 0 Å². The molecule has 4 rings (SSSR count). The third-order valence-corrected chi connectivity index (χ3v) is 6.93. The molecule has 0 aromatic heterocycles. The highest BCUT2D eigenvalue weighted by Gasteiger charge is 2.48. The molecule has 0 unspecified atom stereocenters. The number of aryl methyl sites for hydroxylation is 1. The van der Waals surface area contributed by atoms with Crippen molar-refractivity contribution in [2.75, 3.05) is 18.0 Å². The first-order chi connectivity index (χ1) is 17.0. The van der Waals surface area contributed by atoms with E-state index in [-0.39, 0.29) is 29.6 Å². The molecule has 3 aromatic rings. The Morgan fingerprint density at radius 1 is 0.886 bits per heavy atom. The van der Waals surface area contributed by atoms with Gasteiger partial charge in [-0.3, -0.25) is 9.59 Å². The zero-order chi connectivity index (χ0) is 24.8. The van der Waals surface area contributed by atoms with E-state index in [1.807, 2.05) is 61.2 Å². The van der Waals surface area contributed by atoms with E-state index < -0.39 is 0 Å². The van der Waals surface area contributed by atoms with E-state index in [4.69, 9.17) is 0 Å². The summed E-state index contributed by atoms with van der Waals surface area (Å²) >= 11 is 0. The number of likely N-dealkylation sites (N-methyl/N-ethyl adjacent to an activating group) is 1. The van der Waals surface area contributed by atoms with Crippen molar-refractivity contribution < 1.29 is 14.0 Å². The van der Waals surface area contributed by atoms with E-state index in [1.54, 1.807) is 17.0 Å². The van der Waals surface area contributed by atoms with Crippen molar-refractivity contribution in [1.82, 2.24) is 4.90 Å². The van der Waals surface area contributed by atoms with Gasteiger partial charge in [0.05, 0.1) is 18.4 Å². The number of rotatable bonds is 10. The molecular formula is C30H33FN2O2. The minimum atomic E-state index is -0.320. The Balaban J connectivity index is 1.51. The van der Waals surface area contributed by atoms with Crippen LogP contribution in [0.1, 0.15) is 49.4 Å². The molecule has 0 radical (unpaired) electrons. The number of hydrogen-bond donors (Lipinski definition) is 0. The Kier molecular flexibility index (Phi) is 7.96. The summed E-state index contributed by atoms with van der Waals surface area (Å²) in [6.07, 6.45) is 3.01. The summed E-state index contributed by atoms with van der Waals surface area (Å²) < 4.78 is 13.5. The molecule has 1 aliphatic rings. The number of anilines is 1. The standard InChI is InChI=1S/C30H33FN2O2/c1-3-32(4-2)28(34)21-23-13-15-24(16-14-23)29-27(12-8-11-22-9-6-5-7-10-22)30(35)33(29)26-19-17-25(31)18-20-26/h5-7,9-10,13-20,27,29H,3-4,8,11-12,21H2,1-2H3/t27-,29-/m1/s1. The Morgan fingerprint density at radius 2 is 1.54 bits per heavy atom. The fraction of sp³-hybridized carbons (Fsp3) is 0.333. The van der Waals surface area contributed by atoms with E-state index in [2.05, 4.69) is 12.1 Å². The minimum absolute atomic E-state index is 0.0791. The van der Waals surface area contributed by atoms with Crippen molar-refractivity contribution in [2.24, 2.45) is 5.92 Å². The Labute approximate surface area is 207 Å². The normalized spacial score (nSPS) is 17.2. The molecule has 35 heavy (non-hydrogen) atoms. The highest BCUT2D eigenvalue weighted by molar-refractivity contribution is 6.03. The van der Waals surface area contributed by atoms with Crippen LogP contribution in [-0.2, 0) is 22.4 Å². The van der Waals surface area contributed by atoms with Gasteiger partial charge in [-0.15, -0.1) is 0 Å². The predicted molar refractivity (Wildman–Crippen MR) is 138 cm³/mol. The predicted octanol–water partition coefficient (Wildman–Crippen LogP) is 5.96. The van der Waals surface area contributed by atoms with E-state index in [9.17, 15) is 14.0 Å². The molecule has 4 nitrogen and oxygen atoms in total. The lowest BCUT2D eigenvalue weighted by Gasteiger charge is -2.47. The Morgan fingerprint density at radius 3 is 2.17 bits per heavy atom. The SMILES string of the molecule is CCN(CC)C(=O)Cc1ccc([C@@H]2[C@@H](CCCc3ccccc3)C(=O)N2c2ccc(F)cc2)cc1. The number of β-lactam (4-membered cyclic amide) rings is 1. The van der Waals surface area contributed by atoms with Crippen molar-refractivity contribution in [3.05, 3.63) is 101 Å². The number of nitrogens with zero attached hydrogens (tertiary/aromatic N) is 2. The molecular weight excluding hydrogens is 439 g/mol. The van der Waals surface area contributed by atoms with Gasteiger partial charge in [-0.05, 0) is 74.1 Å². The van der Waals surface area contributed by atoms with Crippen molar-refractivity contribution >= 4 is 17.5 Å². The second kappa shape index (κ2) is 11.3. The summed E-state index contributed by atoms with van der Waals surface area (Å²) in [7, 11) is 0. The summed E-state index contributed by atoms with van der Waals surface area (Å²) in [5, 5.41) is 0. The molecule has 2 amide bonds. The van der Waals surface area contributed by atoms with Gasteiger partial charge in [-0.1, -0.05) is 54.6 Å². The fourth-order valence-electron chi connectivity index (χ4n) is 4.97. The lowest BCUT2D eigenvalue weighted by Crippen LogP contribution is -2.55. The number of halogens is 1. The maximum absolute atomic E-state index is 13.5. The van der Waals surface area contributed by atoms with Crippen molar-refractivity contribution in [3.63, 3.8) is 0 Å². The molecule has 1 heterocycles. The highest BCUT2D eigenvalue weighted by atomic mass is 19.1. The molecule has 0 N–H and O–H groups in total. The van der Waals surface area contributed by atoms with E-state index in [0.717, 1.165) is 30.4 Å². The van der Waals surface area contributed by atoms with Crippen LogP contribution >= 0.6 is 0 Å². The summed E-state index contributed by atoms with van der Waals surface area (Å²) in [5.74, 6) is -0.240. The third kappa shape index (κ3) is 5.61. The van der Waals surface area contributed by atoms with Gasteiger partial charge in [-0.25, -0.2) is 4.39 Å². The number of hydrogen-bond acceptors (Lipinski definition) is 2. The zero-order valence-electron chi connectivity index (χ0n) is 20.5. The molecule has 1 aliphatic heterocycles. The molecule has 0 bridgehead atoms. The second-order valence-electron chi connectivity index (χ2n) is 9.10. The number of carbonyl (C=O) groups excluding carboxylic acids is 2. The van der Waals surface area contributed by atoms with Gasteiger partial charge in [0.2, 0.25) is 11.8 Å². The molecule has 0 aliphatic carbocycles. The van der Waals surface area contributed by atoms with E-state index >= 15 is 0 Å². The molecule has 0 saturated carbocycles. The number of benzene rings is 3. The quantitative estimate of drug-likeness (QED) is 0.342. The van der Waals surface area contributed by atoms with Crippen LogP contribution < -0.4 is 4.90 Å². The van der Waals surface area contributed by atoms with Crippen molar-refractivity contribution in [1.29, 1.82) is 0 Å². The Bertz CT molecular complexity index is 1130. The van der Waals surface area contributed by atoms with E-state index in [0.29, 0.717) is 25.2 Å². The van der Waals surface area contributed by atoms with Crippen LogP contribution in [0.25, 0.3) is 0 Å². The molecule has 182 valence electrons. The largest absolute Gasteiger partial charge is 0.343 e. The van der Waals surface area contributed by atoms with Gasteiger partial charge in [0.15, 0.2) is 0 Å². The molecule has 1 saturated heterocycles. The van der Waals surface area contributed by atoms with E-state index in [1.165, 1.54) is 17.7 Å². The molecule has 0 spiro atoms. The minimum Gasteiger partial charge on any atom is -0.343 e. The van der Waals surface area contributed by atoms with Crippen molar-refractivity contribution in [3.8, 4) is 0 Å². The van der Waals surface area contributed by atoms with Crippen LogP contribution in [0.3, 0.4) is 0 Å². The van der Waals surface area contributed by atoms with Crippen molar-refractivity contribution in [2.45, 2.75) is 45.6 Å². The number of carbonyl (C=O) groups is 2. The lowest BCUT2D eigenvalue weighted by molar-refractivity contribution is -0.131. The monoisotopic (exact) mass is 472 g/mol. The van der Waals surface area contributed by atoms with Gasteiger partial charge in [-0.2, -0.15) is 0 Å². The molecule has 2 atom stereocenters. The molecule has 1 fully saturated rings. The van der Waals surface area contributed by atoms with Gasteiger partial charge in [0.1, 0.15) is 5.82 Å². The summed E-state index contributed by atoms with van der Waals surface area (Å²) in [4.78, 5) is 29.3. The first-order valence-electron chi connectivity index (χ1n) is 12.5. The summed E-state index contributed by atoms with van der Waals surface area (Å²) in [6, 6.07) is 24.4. The first-order valence-corrected chi connectivity index (χ1v) is 12.5. The smallest absolute Gasteiger partial charge is 0.233 e. The van der Waals surface area contributed by atoms with Crippen LogP contribution in [0.4, 0.5) is 10.1 Å². The van der Waals surface area contributed by atoms with Crippen LogP contribution in [-0.4, -0.2) is 29.8 Å². The lowest BCUT2D eigenvalue weighted by atomic mass is 9.78. The first kappa shape index (κ1) is 24.6. The maximum atomic E-state index is 13.5. The average molecular weight is 473 g/mol. The zero-order valence-corrected chi connectivity index (χ0v) is 20.5. The Hall–Kier alpha value is -3.47. The van der Waals surface area contributed by atoms with Gasteiger partial charge >= 0.3 is 0 Å². The van der Waals surface area contributed by atoms with Crippen LogP contribution in [0.15, 0.2) is 78.9 Å². The van der Waals surface area contributed by atoms with Gasteiger partial charge in [0, 0.05) is 18.8 Å². The third-order valence-electron chi connectivity index (χ3n) is 6.93. The van der Waals surface area contributed by atoms with Crippen LogP contribution in [0, 0.1) is 11.7 Å². The van der Waals surface area contributed by atoms with Gasteiger partial charge < -0.3 is 9.80 Å². The molecule has 5 heteroatoms. The fourth-order valence-corrected chi connectivity index (χ4v) is 4.97. The summed E-state index contributed by atoms with van der Waals surface area (Å²) in [6.45, 7) is 5.38.